The lowest BCUT2D eigenvalue weighted by atomic mass is 9.76. The number of halogens is 3. The minimum absolute atomic E-state index is 0.0249. The third kappa shape index (κ3) is 5.90. The number of benzene rings is 2. The molecule has 2 aromatic rings. The molecular formula is C26H33F3N4O2. The van der Waals surface area contributed by atoms with Crippen molar-refractivity contribution in [3.05, 3.63) is 65.2 Å². The summed E-state index contributed by atoms with van der Waals surface area (Å²) in [4.78, 5) is 16.1. The molecule has 1 saturated heterocycles. The van der Waals surface area contributed by atoms with Crippen LogP contribution in [0.5, 0.6) is 0 Å². The van der Waals surface area contributed by atoms with Crippen molar-refractivity contribution in [2.24, 2.45) is 5.92 Å². The first-order chi connectivity index (χ1) is 16.6. The molecule has 0 unspecified atom stereocenters. The topological polar surface area (TPSA) is 56.8 Å². The molecule has 0 bridgehead atoms. The standard InChI is InChI=1S/C26H33F3N4O2/c1-32(2)13-14-33(3)25(34)30-16-19-10-11-20-23(17-7-5-4-6-8-17)31-22-12-9-18(26(27,28)29)15-21(22)24(20)35-19/h4-9,12,15,19-20,23-24,31H,10-11,13-14,16H2,1-3H3,(H,30,34)/t19-,20+,23+,24+/m1/s1. The Bertz CT molecular complexity index is 1020. The lowest BCUT2D eigenvalue weighted by molar-refractivity contribution is -0.138. The Kier molecular flexibility index (Phi) is 7.56. The second-order valence-corrected chi connectivity index (χ2v) is 9.66. The van der Waals surface area contributed by atoms with E-state index in [-0.39, 0.29) is 24.1 Å². The van der Waals surface area contributed by atoms with Crippen LogP contribution in [0.2, 0.25) is 0 Å². The Morgan fingerprint density at radius 3 is 2.51 bits per heavy atom. The van der Waals surface area contributed by atoms with Gasteiger partial charge in [0.1, 0.15) is 0 Å². The summed E-state index contributed by atoms with van der Waals surface area (Å²) in [6.45, 7) is 1.65. The number of nitrogens with one attached hydrogen (secondary N) is 2. The van der Waals surface area contributed by atoms with E-state index in [1.165, 1.54) is 12.1 Å². The van der Waals surface area contributed by atoms with Crippen LogP contribution in [0.3, 0.4) is 0 Å². The van der Waals surface area contributed by atoms with Gasteiger partial charge in [-0.05, 0) is 50.7 Å². The zero-order valence-electron chi connectivity index (χ0n) is 20.3. The summed E-state index contributed by atoms with van der Waals surface area (Å²) in [6, 6.07) is 13.5. The first-order valence-corrected chi connectivity index (χ1v) is 11.9. The molecule has 2 N–H and O–H groups in total. The molecule has 4 rings (SSSR count). The van der Waals surface area contributed by atoms with Crippen molar-refractivity contribution in [3.63, 3.8) is 0 Å². The maximum absolute atomic E-state index is 13.5. The van der Waals surface area contributed by atoms with Crippen molar-refractivity contribution >= 4 is 11.7 Å². The van der Waals surface area contributed by atoms with Crippen molar-refractivity contribution in [1.82, 2.24) is 15.1 Å². The van der Waals surface area contributed by atoms with Crippen LogP contribution in [0.4, 0.5) is 23.7 Å². The molecule has 190 valence electrons. The van der Waals surface area contributed by atoms with E-state index in [2.05, 4.69) is 10.6 Å². The number of urea groups is 1. The van der Waals surface area contributed by atoms with Gasteiger partial charge in [0.15, 0.2) is 0 Å². The number of hydrogen-bond donors (Lipinski definition) is 2. The van der Waals surface area contributed by atoms with E-state index >= 15 is 0 Å². The normalized spacial score (nSPS) is 23.7. The van der Waals surface area contributed by atoms with Gasteiger partial charge in [-0.1, -0.05) is 30.3 Å². The third-order valence-corrected chi connectivity index (χ3v) is 6.84. The largest absolute Gasteiger partial charge is 0.416 e. The minimum atomic E-state index is -4.43. The fraction of sp³-hybridized carbons (Fsp3) is 0.500. The fourth-order valence-corrected chi connectivity index (χ4v) is 4.86. The molecule has 2 aromatic carbocycles. The van der Waals surface area contributed by atoms with Crippen molar-refractivity contribution in [2.75, 3.05) is 46.1 Å². The zero-order chi connectivity index (χ0) is 25.2. The van der Waals surface area contributed by atoms with Crippen molar-refractivity contribution in [3.8, 4) is 0 Å². The Hall–Kier alpha value is -2.78. The number of nitrogens with zero attached hydrogens (tertiary/aromatic N) is 2. The first-order valence-electron chi connectivity index (χ1n) is 11.9. The molecule has 35 heavy (non-hydrogen) atoms. The van der Waals surface area contributed by atoms with Crippen LogP contribution in [-0.2, 0) is 10.9 Å². The summed E-state index contributed by atoms with van der Waals surface area (Å²) in [5.74, 6) is -0.0249. The quantitative estimate of drug-likeness (QED) is 0.604. The molecule has 2 amide bonds. The number of ether oxygens (including phenoxy) is 1. The van der Waals surface area contributed by atoms with E-state index in [1.807, 2.05) is 49.3 Å². The molecule has 0 radical (unpaired) electrons. The predicted octanol–water partition coefficient (Wildman–Crippen LogP) is 4.91. The predicted molar refractivity (Wildman–Crippen MR) is 129 cm³/mol. The Labute approximate surface area is 204 Å². The second kappa shape index (κ2) is 10.5. The van der Waals surface area contributed by atoms with E-state index in [0.717, 1.165) is 24.6 Å². The van der Waals surface area contributed by atoms with Gasteiger partial charge in [0.25, 0.3) is 0 Å². The van der Waals surface area contributed by atoms with Gasteiger partial charge in [-0.2, -0.15) is 13.2 Å². The lowest BCUT2D eigenvalue weighted by Gasteiger charge is -2.46. The first kappa shape index (κ1) is 25.3. The van der Waals surface area contributed by atoms with Crippen LogP contribution in [0.15, 0.2) is 48.5 Å². The van der Waals surface area contributed by atoms with Crippen molar-refractivity contribution < 1.29 is 22.7 Å². The van der Waals surface area contributed by atoms with Crippen molar-refractivity contribution in [2.45, 2.75) is 37.3 Å². The number of likely N-dealkylation sites (N-methyl/N-ethyl adjacent to an activating group) is 2. The SMILES string of the molecule is CN(C)CCN(C)C(=O)NC[C@H]1CC[C@@H]2[C@H](O1)c1cc(C(F)(F)F)ccc1N[C@H]2c1ccccc1. The summed E-state index contributed by atoms with van der Waals surface area (Å²) < 4.78 is 46.9. The number of amides is 2. The van der Waals surface area contributed by atoms with Gasteiger partial charge >= 0.3 is 12.2 Å². The Morgan fingerprint density at radius 2 is 1.83 bits per heavy atom. The summed E-state index contributed by atoms with van der Waals surface area (Å²) in [6.07, 6.45) is -3.73. The maximum Gasteiger partial charge on any atom is 0.416 e. The van der Waals surface area contributed by atoms with Crippen LogP contribution in [0.1, 0.15) is 41.7 Å². The van der Waals surface area contributed by atoms with Gasteiger partial charge in [0.05, 0.1) is 23.8 Å². The molecule has 2 heterocycles. The number of carbonyl (C=O) groups is 1. The van der Waals surface area contributed by atoms with Crippen LogP contribution in [-0.4, -0.2) is 62.7 Å². The molecule has 4 atom stereocenters. The summed E-state index contributed by atoms with van der Waals surface area (Å²) in [7, 11) is 5.63. The number of fused-ring (bicyclic) bond motifs is 3. The molecule has 6 nitrogen and oxygen atoms in total. The van der Waals surface area contributed by atoms with Gasteiger partial charge in [0, 0.05) is 43.9 Å². The van der Waals surface area contributed by atoms with Gasteiger partial charge < -0.3 is 25.2 Å². The maximum atomic E-state index is 13.5. The van der Waals surface area contributed by atoms with Crippen molar-refractivity contribution in [1.29, 1.82) is 0 Å². The average molecular weight is 491 g/mol. The highest BCUT2D eigenvalue weighted by molar-refractivity contribution is 5.73. The van der Waals surface area contributed by atoms with E-state index < -0.39 is 17.8 Å². The molecule has 0 aromatic heterocycles. The zero-order valence-corrected chi connectivity index (χ0v) is 20.3. The second-order valence-electron chi connectivity index (χ2n) is 9.66. The van der Waals surface area contributed by atoms with Gasteiger partial charge in [-0.3, -0.25) is 0 Å². The number of rotatable bonds is 6. The smallest absolute Gasteiger partial charge is 0.378 e. The molecule has 0 saturated carbocycles. The molecular weight excluding hydrogens is 457 g/mol. The number of carbonyl (C=O) groups excluding carboxylic acids is 1. The van der Waals surface area contributed by atoms with Crippen LogP contribution >= 0.6 is 0 Å². The van der Waals surface area contributed by atoms with Gasteiger partial charge in [-0.25, -0.2) is 4.79 Å². The highest BCUT2D eigenvalue weighted by Gasteiger charge is 2.43. The molecule has 1 fully saturated rings. The minimum Gasteiger partial charge on any atom is -0.378 e. The molecule has 2 aliphatic rings. The van der Waals surface area contributed by atoms with E-state index in [0.29, 0.717) is 30.8 Å². The van der Waals surface area contributed by atoms with Crippen LogP contribution < -0.4 is 10.6 Å². The Balaban J connectivity index is 1.53. The highest BCUT2D eigenvalue weighted by atomic mass is 19.4. The monoisotopic (exact) mass is 490 g/mol. The highest BCUT2D eigenvalue weighted by Crippen LogP contribution is 2.51. The molecule has 0 spiro atoms. The molecule has 0 aliphatic carbocycles. The summed E-state index contributed by atoms with van der Waals surface area (Å²) in [5.41, 5.74) is 1.57. The molecule has 2 aliphatic heterocycles. The molecule has 9 heteroatoms. The lowest BCUT2D eigenvalue weighted by Crippen LogP contribution is -2.46. The van der Waals surface area contributed by atoms with E-state index in [4.69, 9.17) is 4.74 Å². The van der Waals surface area contributed by atoms with E-state index in [9.17, 15) is 18.0 Å². The van der Waals surface area contributed by atoms with E-state index in [1.54, 1.807) is 11.9 Å². The number of alkyl halides is 3. The van der Waals surface area contributed by atoms with Crippen LogP contribution in [0.25, 0.3) is 0 Å². The Morgan fingerprint density at radius 1 is 1.09 bits per heavy atom. The van der Waals surface area contributed by atoms with Gasteiger partial charge in [0.2, 0.25) is 0 Å². The average Bonchev–Trinajstić information content (AvgIpc) is 2.84. The van der Waals surface area contributed by atoms with Gasteiger partial charge in [-0.15, -0.1) is 0 Å². The summed E-state index contributed by atoms with van der Waals surface area (Å²) >= 11 is 0. The van der Waals surface area contributed by atoms with Crippen LogP contribution in [0, 0.1) is 5.92 Å². The third-order valence-electron chi connectivity index (χ3n) is 6.84. The number of hydrogen-bond acceptors (Lipinski definition) is 4. The fourth-order valence-electron chi connectivity index (χ4n) is 4.86. The summed E-state index contributed by atoms with van der Waals surface area (Å²) in [5, 5.41) is 6.39. The number of anilines is 1.